The van der Waals surface area contributed by atoms with Crippen molar-refractivity contribution in [2.75, 3.05) is 18.4 Å². The second kappa shape index (κ2) is 7.67. The van der Waals surface area contributed by atoms with Gasteiger partial charge in [-0.25, -0.2) is 9.37 Å². The predicted octanol–water partition coefficient (Wildman–Crippen LogP) is 4.23. The molecule has 5 nitrogen and oxygen atoms in total. The molecule has 0 bridgehead atoms. The lowest BCUT2D eigenvalue weighted by Crippen LogP contribution is -2.41. The van der Waals surface area contributed by atoms with E-state index in [-0.39, 0.29) is 17.7 Å². The first-order valence-corrected chi connectivity index (χ1v) is 10.0. The van der Waals surface area contributed by atoms with Gasteiger partial charge in [0.15, 0.2) is 5.13 Å². The van der Waals surface area contributed by atoms with E-state index in [2.05, 4.69) is 10.3 Å². The van der Waals surface area contributed by atoms with Crippen molar-refractivity contribution < 1.29 is 14.0 Å². The first-order chi connectivity index (χ1) is 13.5. The highest BCUT2D eigenvalue weighted by Crippen LogP contribution is 2.29. The summed E-state index contributed by atoms with van der Waals surface area (Å²) in [6.45, 7) is 2.96. The standard InChI is InChI=1S/C21H20FN3O2S/c1-13-4-2-7-17-18(13)23-21(28-17)24-19(26)14-8-10-25(11-9-14)20(27)15-5-3-6-16(22)12-15/h2-7,12,14H,8-11H2,1H3,(H,23,24,26). The zero-order chi connectivity index (χ0) is 19.7. The van der Waals surface area contributed by atoms with Gasteiger partial charge in [0.2, 0.25) is 5.91 Å². The van der Waals surface area contributed by atoms with Crippen molar-refractivity contribution in [3.63, 3.8) is 0 Å². The average molecular weight is 397 g/mol. The van der Waals surface area contributed by atoms with Crippen LogP contribution in [0.4, 0.5) is 9.52 Å². The molecule has 1 aromatic heterocycles. The molecule has 1 saturated heterocycles. The zero-order valence-electron chi connectivity index (χ0n) is 15.4. The van der Waals surface area contributed by atoms with Crippen LogP contribution in [0.5, 0.6) is 0 Å². The van der Waals surface area contributed by atoms with Crippen LogP contribution in [0.25, 0.3) is 10.2 Å². The summed E-state index contributed by atoms with van der Waals surface area (Å²) in [4.78, 5) is 31.3. The first kappa shape index (κ1) is 18.6. The summed E-state index contributed by atoms with van der Waals surface area (Å²) in [5.41, 5.74) is 2.34. The fourth-order valence-corrected chi connectivity index (χ4v) is 4.44. The Morgan fingerprint density at radius 1 is 1.18 bits per heavy atom. The molecule has 1 aliphatic heterocycles. The average Bonchev–Trinajstić information content (AvgIpc) is 3.11. The Labute approximate surface area is 166 Å². The number of likely N-dealkylation sites (tertiary alicyclic amines) is 1. The van der Waals surface area contributed by atoms with Gasteiger partial charge in [-0.05, 0) is 49.6 Å². The van der Waals surface area contributed by atoms with Crippen molar-refractivity contribution in [1.82, 2.24) is 9.88 Å². The number of hydrogen-bond donors (Lipinski definition) is 1. The van der Waals surface area contributed by atoms with Crippen LogP contribution in [0, 0.1) is 18.7 Å². The number of para-hydroxylation sites is 1. The Morgan fingerprint density at radius 2 is 1.93 bits per heavy atom. The quantitative estimate of drug-likeness (QED) is 0.719. The SMILES string of the molecule is Cc1cccc2sc(NC(=O)C3CCN(C(=O)c4cccc(F)c4)CC3)nc12. The molecule has 2 heterocycles. The minimum atomic E-state index is -0.425. The maximum absolute atomic E-state index is 13.3. The molecule has 0 atom stereocenters. The van der Waals surface area contributed by atoms with Crippen LogP contribution in [0.1, 0.15) is 28.8 Å². The highest BCUT2D eigenvalue weighted by atomic mass is 32.1. The molecule has 2 amide bonds. The van der Waals surface area contributed by atoms with Crippen LogP contribution < -0.4 is 5.32 Å². The van der Waals surface area contributed by atoms with Gasteiger partial charge in [0.1, 0.15) is 5.82 Å². The Kier molecular flexibility index (Phi) is 5.09. The summed E-state index contributed by atoms with van der Waals surface area (Å²) in [5.74, 6) is -0.842. The monoisotopic (exact) mass is 397 g/mol. The molecule has 0 saturated carbocycles. The van der Waals surface area contributed by atoms with Crippen LogP contribution in [-0.2, 0) is 4.79 Å². The van der Waals surface area contributed by atoms with Gasteiger partial charge in [-0.15, -0.1) is 0 Å². The highest BCUT2D eigenvalue weighted by molar-refractivity contribution is 7.22. The highest BCUT2D eigenvalue weighted by Gasteiger charge is 2.28. The number of piperidine rings is 1. The molecular formula is C21H20FN3O2S. The van der Waals surface area contributed by atoms with Gasteiger partial charge >= 0.3 is 0 Å². The summed E-state index contributed by atoms with van der Waals surface area (Å²) in [7, 11) is 0. The number of thiazole rings is 1. The third-order valence-electron chi connectivity index (χ3n) is 5.08. The van der Waals surface area contributed by atoms with E-state index in [4.69, 9.17) is 0 Å². The van der Waals surface area contributed by atoms with E-state index in [9.17, 15) is 14.0 Å². The Hall–Kier alpha value is -2.80. The summed E-state index contributed by atoms with van der Waals surface area (Å²) in [5, 5.41) is 3.53. The van der Waals surface area contributed by atoms with Gasteiger partial charge in [0.25, 0.3) is 5.91 Å². The molecule has 0 radical (unpaired) electrons. The number of carbonyl (C=O) groups is 2. The maximum atomic E-state index is 13.3. The van der Waals surface area contributed by atoms with Crippen molar-refractivity contribution in [2.45, 2.75) is 19.8 Å². The lowest BCUT2D eigenvalue weighted by Gasteiger charge is -2.31. The lowest BCUT2D eigenvalue weighted by molar-refractivity contribution is -0.121. The third-order valence-corrected chi connectivity index (χ3v) is 6.01. The minimum Gasteiger partial charge on any atom is -0.339 e. The molecule has 1 N–H and O–H groups in total. The van der Waals surface area contributed by atoms with Gasteiger partial charge in [0.05, 0.1) is 10.2 Å². The van der Waals surface area contributed by atoms with E-state index in [1.165, 1.54) is 29.5 Å². The van der Waals surface area contributed by atoms with Gasteiger partial charge in [-0.1, -0.05) is 29.5 Å². The third kappa shape index (κ3) is 3.75. The molecule has 3 aromatic rings. The van der Waals surface area contributed by atoms with Gasteiger partial charge in [-0.3, -0.25) is 9.59 Å². The van der Waals surface area contributed by atoms with Crippen LogP contribution in [0.2, 0.25) is 0 Å². The Bertz CT molecular complexity index is 1040. The number of carbonyl (C=O) groups excluding carboxylic acids is 2. The second-order valence-electron chi connectivity index (χ2n) is 7.01. The normalized spacial score (nSPS) is 15.0. The van der Waals surface area contributed by atoms with E-state index in [1.54, 1.807) is 11.0 Å². The number of benzene rings is 2. The number of amides is 2. The number of rotatable bonds is 3. The summed E-state index contributed by atoms with van der Waals surface area (Å²) >= 11 is 1.46. The molecule has 144 valence electrons. The number of halogens is 1. The number of aromatic nitrogens is 1. The number of aryl methyl sites for hydroxylation is 1. The molecule has 2 aromatic carbocycles. The number of nitrogens with one attached hydrogen (secondary N) is 1. The molecule has 0 spiro atoms. The lowest BCUT2D eigenvalue weighted by atomic mass is 9.95. The van der Waals surface area contributed by atoms with Crippen molar-refractivity contribution in [3.05, 3.63) is 59.4 Å². The zero-order valence-corrected chi connectivity index (χ0v) is 16.3. The molecule has 0 aliphatic carbocycles. The molecule has 1 aliphatic rings. The Morgan fingerprint density at radius 3 is 2.64 bits per heavy atom. The Balaban J connectivity index is 1.37. The summed E-state index contributed by atoms with van der Waals surface area (Å²) < 4.78 is 14.4. The molecule has 7 heteroatoms. The van der Waals surface area contributed by atoms with Crippen molar-refractivity contribution in [1.29, 1.82) is 0 Å². The van der Waals surface area contributed by atoms with E-state index in [0.29, 0.717) is 36.6 Å². The second-order valence-corrected chi connectivity index (χ2v) is 8.04. The van der Waals surface area contributed by atoms with E-state index < -0.39 is 5.82 Å². The van der Waals surface area contributed by atoms with E-state index in [1.807, 2.05) is 25.1 Å². The minimum absolute atomic E-state index is 0.0606. The summed E-state index contributed by atoms with van der Waals surface area (Å²) in [6, 6.07) is 11.7. The van der Waals surface area contributed by atoms with E-state index in [0.717, 1.165) is 15.8 Å². The smallest absolute Gasteiger partial charge is 0.253 e. The number of fused-ring (bicyclic) bond motifs is 1. The topological polar surface area (TPSA) is 62.3 Å². The predicted molar refractivity (Wildman–Crippen MR) is 108 cm³/mol. The van der Waals surface area contributed by atoms with Gasteiger partial charge < -0.3 is 10.2 Å². The van der Waals surface area contributed by atoms with E-state index >= 15 is 0 Å². The number of hydrogen-bond acceptors (Lipinski definition) is 4. The van der Waals surface area contributed by atoms with Crippen molar-refractivity contribution in [3.8, 4) is 0 Å². The molecule has 4 rings (SSSR count). The number of nitrogens with zero attached hydrogens (tertiary/aromatic N) is 2. The van der Waals surface area contributed by atoms with Crippen LogP contribution in [-0.4, -0.2) is 34.8 Å². The molecule has 28 heavy (non-hydrogen) atoms. The maximum Gasteiger partial charge on any atom is 0.253 e. The molecule has 0 unspecified atom stereocenters. The van der Waals surface area contributed by atoms with Gasteiger partial charge in [0, 0.05) is 24.6 Å². The fraction of sp³-hybridized carbons (Fsp3) is 0.286. The summed E-state index contributed by atoms with van der Waals surface area (Å²) in [6.07, 6.45) is 1.16. The first-order valence-electron chi connectivity index (χ1n) is 9.23. The number of anilines is 1. The van der Waals surface area contributed by atoms with Gasteiger partial charge in [-0.2, -0.15) is 0 Å². The van der Waals surface area contributed by atoms with Crippen LogP contribution in [0.3, 0.4) is 0 Å². The van der Waals surface area contributed by atoms with Crippen LogP contribution >= 0.6 is 11.3 Å². The molecular weight excluding hydrogens is 377 g/mol. The van der Waals surface area contributed by atoms with Crippen molar-refractivity contribution >= 4 is 38.5 Å². The van der Waals surface area contributed by atoms with Crippen LogP contribution in [0.15, 0.2) is 42.5 Å². The van der Waals surface area contributed by atoms with Crippen molar-refractivity contribution in [2.24, 2.45) is 5.92 Å². The molecule has 1 fully saturated rings. The fourth-order valence-electron chi connectivity index (χ4n) is 3.50. The largest absolute Gasteiger partial charge is 0.339 e.